The molecule has 1 saturated heterocycles. The van der Waals surface area contributed by atoms with Gasteiger partial charge < -0.3 is 20.7 Å². The van der Waals surface area contributed by atoms with Crippen molar-refractivity contribution in [3.05, 3.63) is 53.2 Å². The number of nitrogens with two attached hydrogens (primary N) is 1. The monoisotopic (exact) mass is 515 g/mol. The van der Waals surface area contributed by atoms with Crippen LogP contribution >= 0.6 is 15.9 Å². The predicted molar refractivity (Wildman–Crippen MR) is 139 cm³/mol. The Bertz CT molecular complexity index is 951. The van der Waals surface area contributed by atoms with Gasteiger partial charge in [0.05, 0.1) is 10.2 Å². The average Bonchev–Trinajstić information content (AvgIpc) is 2.76. The zero-order chi connectivity index (χ0) is 23.8. The lowest BCUT2D eigenvalue weighted by molar-refractivity contribution is 0.0419. The van der Waals surface area contributed by atoms with Crippen LogP contribution in [-0.4, -0.2) is 59.4 Å². The minimum atomic E-state index is -0.272. The van der Waals surface area contributed by atoms with Crippen molar-refractivity contribution in [2.75, 3.05) is 43.4 Å². The minimum absolute atomic E-state index is 0.272. The van der Waals surface area contributed by atoms with Gasteiger partial charge in [-0.25, -0.2) is 4.98 Å². The van der Waals surface area contributed by atoms with Crippen LogP contribution in [-0.2, 0) is 11.3 Å². The third-order valence-electron chi connectivity index (χ3n) is 5.07. The van der Waals surface area contributed by atoms with Crippen molar-refractivity contribution in [1.82, 2.24) is 20.2 Å². The Kier molecular flexibility index (Phi) is 8.68. The summed E-state index contributed by atoms with van der Waals surface area (Å²) in [5, 5.41) is 3.17. The highest BCUT2D eigenvalue weighted by Crippen LogP contribution is 2.39. The van der Waals surface area contributed by atoms with Crippen LogP contribution in [0, 0.1) is 0 Å². The van der Waals surface area contributed by atoms with Crippen molar-refractivity contribution in [3.63, 3.8) is 0 Å². The lowest BCUT2D eigenvalue weighted by atomic mass is 10.2. The highest BCUT2D eigenvalue weighted by molar-refractivity contribution is 9.10. The third-order valence-corrected chi connectivity index (χ3v) is 5.65. The van der Waals surface area contributed by atoms with E-state index in [1.165, 1.54) is 5.56 Å². The average molecular weight is 516 g/mol. The molecule has 0 radical (unpaired) electrons. The van der Waals surface area contributed by atoms with Gasteiger partial charge in [0.15, 0.2) is 11.7 Å². The summed E-state index contributed by atoms with van der Waals surface area (Å²) in [4.78, 5) is 18.0. The topological polar surface area (TPSA) is 91.9 Å². The molecule has 9 heteroatoms. The van der Waals surface area contributed by atoms with Gasteiger partial charge in [0.1, 0.15) is 11.3 Å². The number of nitrogens with one attached hydrogen (secondary N) is 1. The molecule has 33 heavy (non-hydrogen) atoms. The van der Waals surface area contributed by atoms with Crippen molar-refractivity contribution in [1.29, 1.82) is 0 Å². The van der Waals surface area contributed by atoms with Gasteiger partial charge in [-0.1, -0.05) is 6.07 Å². The molecule has 2 aromatic heterocycles. The number of anilines is 2. The van der Waals surface area contributed by atoms with Crippen molar-refractivity contribution in [2.24, 2.45) is 4.99 Å². The number of rotatable bonds is 9. The molecule has 3 heterocycles. The van der Waals surface area contributed by atoms with Crippen LogP contribution in [0.3, 0.4) is 0 Å². The van der Waals surface area contributed by atoms with E-state index in [4.69, 9.17) is 10.5 Å². The maximum atomic E-state index is 6.22. The van der Waals surface area contributed by atoms with E-state index in [9.17, 15) is 0 Å². The number of aliphatic imine (C=N–C) groups is 1. The first-order valence-electron chi connectivity index (χ1n) is 11.2. The molecular weight excluding hydrogens is 482 g/mol. The molecule has 3 N–H and O–H groups in total. The number of piperazine rings is 1. The molecule has 0 aromatic carbocycles. The van der Waals surface area contributed by atoms with E-state index in [-0.39, 0.29) is 5.60 Å². The predicted octanol–water partition coefficient (Wildman–Crippen LogP) is 4.11. The van der Waals surface area contributed by atoms with Crippen LogP contribution in [0.2, 0.25) is 0 Å². The largest absolute Gasteiger partial charge is 0.474 e. The van der Waals surface area contributed by atoms with Crippen LogP contribution in [0.15, 0.2) is 52.7 Å². The van der Waals surface area contributed by atoms with Crippen molar-refractivity contribution >= 4 is 39.3 Å². The van der Waals surface area contributed by atoms with Gasteiger partial charge in [0.25, 0.3) is 0 Å². The fourth-order valence-corrected chi connectivity index (χ4v) is 4.17. The number of ether oxygens (including phenoxy) is 1. The van der Waals surface area contributed by atoms with Crippen LogP contribution in [0.4, 0.5) is 17.2 Å². The smallest absolute Gasteiger partial charge is 0.179 e. The van der Waals surface area contributed by atoms with Gasteiger partial charge in [0.2, 0.25) is 0 Å². The van der Waals surface area contributed by atoms with Crippen molar-refractivity contribution in [3.8, 4) is 0 Å². The fourth-order valence-electron chi connectivity index (χ4n) is 3.63. The van der Waals surface area contributed by atoms with E-state index in [0.29, 0.717) is 30.4 Å². The molecule has 2 aromatic rings. The lowest BCUT2D eigenvalue weighted by Gasteiger charge is -2.37. The molecule has 0 aliphatic carbocycles. The van der Waals surface area contributed by atoms with Gasteiger partial charge >= 0.3 is 0 Å². The number of pyridine rings is 2. The number of nitrogen functional groups attached to an aromatic ring is 1. The number of hydrogen-bond acceptors (Lipinski definition) is 8. The molecular formula is C24H34BrN7O. The number of hydrogen-bond donors (Lipinski definition) is 2. The second kappa shape index (κ2) is 11.5. The summed E-state index contributed by atoms with van der Waals surface area (Å²) < 4.78 is 6.58. The first kappa shape index (κ1) is 25.0. The Balaban J connectivity index is 1.59. The summed E-state index contributed by atoms with van der Waals surface area (Å²) in [6, 6.07) is 4.10. The van der Waals surface area contributed by atoms with Gasteiger partial charge in [-0.15, -0.1) is 0 Å². The molecule has 1 aliphatic heterocycles. The Hall–Kier alpha value is -2.65. The van der Waals surface area contributed by atoms with Crippen molar-refractivity contribution < 1.29 is 4.74 Å². The fraction of sp³-hybridized carbons (Fsp3) is 0.458. The lowest BCUT2D eigenvalue weighted by Crippen LogP contribution is -2.46. The Morgan fingerprint density at radius 2 is 2.06 bits per heavy atom. The van der Waals surface area contributed by atoms with E-state index >= 15 is 0 Å². The molecule has 0 bridgehead atoms. The summed E-state index contributed by atoms with van der Waals surface area (Å²) in [5.41, 5.74) is 8.88. The third kappa shape index (κ3) is 7.71. The van der Waals surface area contributed by atoms with E-state index in [2.05, 4.69) is 58.7 Å². The second-order valence-electron chi connectivity index (χ2n) is 8.98. The standard InChI is InChI=1S/C24H34BrN7O/c1-18(33-24(2,3)4)28-9-6-10-29-21-22(20(25)16-30-23(21)26)32-13-11-31(12-14-32)17-19-7-5-8-27-15-19/h5,7-8,10,15-16,28H,1,6,9,11-14,17H2,2-4H3,(H2,26,30). The zero-order valence-corrected chi connectivity index (χ0v) is 21.3. The maximum Gasteiger partial charge on any atom is 0.179 e. The van der Waals surface area contributed by atoms with Crippen LogP contribution < -0.4 is 16.0 Å². The quantitative estimate of drug-likeness (QED) is 0.295. The van der Waals surface area contributed by atoms with Gasteiger partial charge in [-0.2, -0.15) is 0 Å². The minimum Gasteiger partial charge on any atom is -0.474 e. The Morgan fingerprint density at radius 3 is 2.73 bits per heavy atom. The number of aromatic nitrogens is 2. The summed E-state index contributed by atoms with van der Waals surface area (Å²) in [6.07, 6.45) is 8.05. The molecule has 0 unspecified atom stereocenters. The number of nitrogens with zero attached hydrogens (tertiary/aromatic N) is 5. The van der Waals surface area contributed by atoms with Gasteiger partial charge in [-0.05, 0) is 54.9 Å². The molecule has 0 atom stereocenters. The summed E-state index contributed by atoms with van der Waals surface area (Å²) >= 11 is 3.66. The van der Waals surface area contributed by atoms with E-state index in [0.717, 1.165) is 42.9 Å². The van der Waals surface area contributed by atoms with Crippen molar-refractivity contribution in [2.45, 2.75) is 39.3 Å². The highest BCUT2D eigenvalue weighted by Gasteiger charge is 2.23. The summed E-state index contributed by atoms with van der Waals surface area (Å²) in [5.74, 6) is 0.986. The SMILES string of the molecule is C=C(NCCC=Nc1c(N)ncc(Br)c1N1CCN(Cc2cccnc2)CC1)OC(C)(C)C. The van der Waals surface area contributed by atoms with E-state index < -0.39 is 0 Å². The number of halogens is 1. The first-order chi connectivity index (χ1) is 15.7. The van der Waals surface area contributed by atoms with Gasteiger partial charge in [0, 0.05) is 70.5 Å². The molecule has 1 aliphatic rings. The van der Waals surface area contributed by atoms with E-state index in [1.54, 1.807) is 12.4 Å². The molecule has 8 nitrogen and oxygen atoms in total. The van der Waals surface area contributed by atoms with Gasteiger partial charge in [-0.3, -0.25) is 14.9 Å². The molecule has 0 spiro atoms. The molecule has 3 rings (SSSR count). The second-order valence-corrected chi connectivity index (χ2v) is 9.83. The molecule has 1 fully saturated rings. The van der Waals surface area contributed by atoms with Crippen LogP contribution in [0.5, 0.6) is 0 Å². The van der Waals surface area contributed by atoms with Crippen LogP contribution in [0.1, 0.15) is 32.8 Å². The molecule has 0 amide bonds. The molecule has 178 valence electrons. The Labute approximate surface area is 205 Å². The van der Waals surface area contributed by atoms with E-state index in [1.807, 2.05) is 39.2 Å². The maximum absolute atomic E-state index is 6.22. The normalized spacial score (nSPS) is 15.1. The van der Waals surface area contributed by atoms with Crippen LogP contribution in [0.25, 0.3) is 0 Å². The highest BCUT2D eigenvalue weighted by atomic mass is 79.9. The summed E-state index contributed by atoms with van der Waals surface area (Å²) in [6.45, 7) is 15.1. The Morgan fingerprint density at radius 1 is 1.30 bits per heavy atom. The molecule has 0 saturated carbocycles. The summed E-state index contributed by atoms with van der Waals surface area (Å²) in [7, 11) is 0. The first-order valence-corrected chi connectivity index (χ1v) is 12.0. The zero-order valence-electron chi connectivity index (χ0n) is 19.7.